The number of rotatable bonds is 8. The zero-order chi connectivity index (χ0) is 25.6. The quantitative estimate of drug-likeness (QED) is 0.539. The van der Waals surface area contributed by atoms with Gasteiger partial charge in [0.1, 0.15) is 11.7 Å². The number of anilines is 1. The highest BCUT2D eigenvalue weighted by atomic mass is 32.1. The fourth-order valence-corrected chi connectivity index (χ4v) is 3.55. The van der Waals surface area contributed by atoms with Crippen molar-refractivity contribution < 1.29 is 27.9 Å². The number of nitrogens with zero attached hydrogens (tertiary/aromatic N) is 2. The second kappa shape index (κ2) is 11.5. The highest BCUT2D eigenvalue weighted by Gasteiger charge is 2.22. The standard InChI is InChI=1S/C23H30F2N4O4S/c1-6-13(2)18(26)21(32)33-12-29-7-8-34-22(29)28-20(31)14-9-15(24)19(16(25)10-14)27-17(30)11-23(3,4)5/h7-10,13,18H,6,11-12,26H2,1-5H3,(H,27,30)/b28-22-/t13?,18-/m0/s1. The average Bonchev–Trinajstić information content (AvgIpc) is 3.18. The molecule has 2 atom stereocenters. The van der Waals surface area contributed by atoms with Crippen molar-refractivity contribution in [1.29, 1.82) is 0 Å². The Bertz CT molecular complexity index is 1100. The first-order valence-electron chi connectivity index (χ1n) is 10.8. The third-order valence-corrected chi connectivity index (χ3v) is 5.77. The molecule has 3 N–H and O–H groups in total. The maximum atomic E-state index is 14.5. The minimum atomic E-state index is -1.09. The predicted molar refractivity (Wildman–Crippen MR) is 125 cm³/mol. The Morgan fingerprint density at radius 1 is 1.24 bits per heavy atom. The number of ether oxygens (including phenoxy) is 1. The number of hydrogen-bond donors (Lipinski definition) is 2. The molecule has 1 unspecified atom stereocenters. The molecule has 1 aromatic carbocycles. The van der Waals surface area contributed by atoms with Crippen molar-refractivity contribution >= 4 is 34.8 Å². The lowest BCUT2D eigenvalue weighted by atomic mass is 9.92. The van der Waals surface area contributed by atoms with Crippen molar-refractivity contribution in [3.8, 4) is 0 Å². The molecule has 0 aliphatic carbocycles. The van der Waals surface area contributed by atoms with Crippen LogP contribution in [-0.4, -0.2) is 28.4 Å². The molecule has 0 aliphatic rings. The second-order valence-corrected chi connectivity index (χ2v) is 10.0. The smallest absolute Gasteiger partial charge is 0.324 e. The summed E-state index contributed by atoms with van der Waals surface area (Å²) in [5.74, 6) is -4.27. The number of aromatic nitrogens is 1. The molecule has 2 aromatic rings. The van der Waals surface area contributed by atoms with Gasteiger partial charge in [-0.05, 0) is 23.5 Å². The van der Waals surface area contributed by atoms with Crippen LogP contribution in [-0.2, 0) is 21.1 Å². The predicted octanol–water partition coefficient (Wildman–Crippen LogP) is 3.82. The number of benzene rings is 1. The van der Waals surface area contributed by atoms with E-state index in [1.807, 2.05) is 34.6 Å². The molecular weight excluding hydrogens is 466 g/mol. The Balaban J connectivity index is 2.17. The Morgan fingerprint density at radius 3 is 2.41 bits per heavy atom. The van der Waals surface area contributed by atoms with Gasteiger partial charge in [0.05, 0.1) is 0 Å². The minimum absolute atomic E-state index is 0.0586. The fourth-order valence-electron chi connectivity index (χ4n) is 2.83. The molecule has 2 amide bonds. The summed E-state index contributed by atoms with van der Waals surface area (Å²) in [6, 6.07) is 0.842. The van der Waals surface area contributed by atoms with Gasteiger partial charge in [-0.15, -0.1) is 11.3 Å². The van der Waals surface area contributed by atoms with Crippen molar-refractivity contribution in [3.05, 3.63) is 45.7 Å². The number of halogens is 2. The van der Waals surface area contributed by atoms with E-state index in [-0.39, 0.29) is 34.8 Å². The third kappa shape index (κ3) is 7.56. The first kappa shape index (κ1) is 27.3. The van der Waals surface area contributed by atoms with Gasteiger partial charge in [-0.2, -0.15) is 4.99 Å². The zero-order valence-corrected chi connectivity index (χ0v) is 20.7. The van der Waals surface area contributed by atoms with E-state index in [1.54, 1.807) is 11.6 Å². The largest absolute Gasteiger partial charge is 0.443 e. The number of carbonyl (C=O) groups excluding carboxylic acids is 3. The molecule has 8 nitrogen and oxygen atoms in total. The lowest BCUT2D eigenvalue weighted by Crippen LogP contribution is -2.38. The molecule has 186 valence electrons. The van der Waals surface area contributed by atoms with Gasteiger partial charge in [-0.3, -0.25) is 19.0 Å². The first-order valence-corrected chi connectivity index (χ1v) is 11.6. The van der Waals surface area contributed by atoms with E-state index >= 15 is 0 Å². The van der Waals surface area contributed by atoms with E-state index in [1.165, 1.54) is 4.57 Å². The number of nitrogens with one attached hydrogen (secondary N) is 1. The molecule has 1 aromatic heterocycles. The topological polar surface area (TPSA) is 116 Å². The summed E-state index contributed by atoms with van der Waals surface area (Å²) >= 11 is 1.08. The van der Waals surface area contributed by atoms with Gasteiger partial charge in [0, 0.05) is 23.6 Å². The van der Waals surface area contributed by atoms with Crippen LogP contribution in [0, 0.1) is 23.0 Å². The van der Waals surface area contributed by atoms with Crippen molar-refractivity contribution in [2.75, 3.05) is 5.32 Å². The van der Waals surface area contributed by atoms with Gasteiger partial charge in [-0.25, -0.2) is 8.78 Å². The fraction of sp³-hybridized carbons (Fsp3) is 0.478. The summed E-state index contributed by atoms with van der Waals surface area (Å²) in [7, 11) is 0. The van der Waals surface area contributed by atoms with E-state index in [0.29, 0.717) is 6.42 Å². The van der Waals surface area contributed by atoms with Crippen molar-refractivity contribution in [2.24, 2.45) is 22.1 Å². The normalized spacial score (nSPS) is 13.9. The van der Waals surface area contributed by atoms with Gasteiger partial charge < -0.3 is 15.8 Å². The van der Waals surface area contributed by atoms with Crippen molar-refractivity contribution in [1.82, 2.24) is 4.57 Å². The van der Waals surface area contributed by atoms with E-state index in [0.717, 1.165) is 23.5 Å². The first-order chi connectivity index (χ1) is 15.8. The lowest BCUT2D eigenvalue weighted by Gasteiger charge is -2.17. The van der Waals surface area contributed by atoms with Gasteiger partial charge in [0.15, 0.2) is 23.2 Å². The summed E-state index contributed by atoms with van der Waals surface area (Å²) in [6.07, 6.45) is 2.32. The van der Waals surface area contributed by atoms with E-state index < -0.39 is 41.1 Å². The molecule has 0 fully saturated rings. The maximum absolute atomic E-state index is 14.5. The van der Waals surface area contributed by atoms with Crippen molar-refractivity contribution in [2.45, 2.75) is 60.2 Å². The van der Waals surface area contributed by atoms with Gasteiger partial charge in [-0.1, -0.05) is 41.0 Å². The molecule has 0 radical (unpaired) electrons. The number of thiazole rings is 1. The highest BCUT2D eigenvalue weighted by molar-refractivity contribution is 7.07. The summed E-state index contributed by atoms with van der Waals surface area (Å²) in [4.78, 5) is 40.7. The molecule has 34 heavy (non-hydrogen) atoms. The molecule has 11 heteroatoms. The summed E-state index contributed by atoms with van der Waals surface area (Å²) < 4.78 is 35.6. The van der Waals surface area contributed by atoms with Crippen LogP contribution in [0.1, 0.15) is 57.8 Å². The SMILES string of the molecule is CCC(C)[C@H](N)C(=O)OCn1ccs/c1=N\C(=O)c1cc(F)c(NC(=O)CC(C)(C)C)c(F)c1. The average molecular weight is 497 g/mol. The van der Waals surface area contributed by atoms with Crippen LogP contribution in [0.5, 0.6) is 0 Å². The van der Waals surface area contributed by atoms with Crippen LogP contribution in [0.4, 0.5) is 14.5 Å². The minimum Gasteiger partial charge on any atom is -0.443 e. The Kier molecular flexibility index (Phi) is 9.22. The van der Waals surface area contributed by atoms with Gasteiger partial charge in [0.25, 0.3) is 5.91 Å². The molecule has 0 saturated carbocycles. The summed E-state index contributed by atoms with van der Waals surface area (Å²) in [6.45, 7) is 8.98. The number of carbonyl (C=O) groups is 3. The van der Waals surface area contributed by atoms with Crippen LogP contribution < -0.4 is 15.9 Å². The van der Waals surface area contributed by atoms with Crippen LogP contribution in [0.3, 0.4) is 0 Å². The number of hydrogen-bond acceptors (Lipinski definition) is 6. The van der Waals surface area contributed by atoms with Crippen LogP contribution in [0.25, 0.3) is 0 Å². The van der Waals surface area contributed by atoms with Crippen LogP contribution in [0.2, 0.25) is 0 Å². The number of amides is 2. The Labute approximate surface area is 200 Å². The third-order valence-electron chi connectivity index (χ3n) is 4.98. The molecular formula is C23H30F2N4O4S. The molecule has 0 aliphatic heterocycles. The lowest BCUT2D eigenvalue weighted by molar-refractivity contribution is -0.150. The summed E-state index contributed by atoms with van der Waals surface area (Å²) in [5, 5.41) is 3.83. The van der Waals surface area contributed by atoms with Crippen LogP contribution in [0.15, 0.2) is 28.7 Å². The molecule has 0 saturated heterocycles. The van der Waals surface area contributed by atoms with Crippen molar-refractivity contribution in [3.63, 3.8) is 0 Å². The molecule has 0 spiro atoms. The number of nitrogens with two attached hydrogens (primary N) is 1. The van der Waals surface area contributed by atoms with E-state index in [2.05, 4.69) is 10.3 Å². The molecule has 0 bridgehead atoms. The highest BCUT2D eigenvalue weighted by Crippen LogP contribution is 2.24. The molecule has 1 heterocycles. The monoisotopic (exact) mass is 496 g/mol. The van der Waals surface area contributed by atoms with E-state index in [4.69, 9.17) is 10.5 Å². The summed E-state index contributed by atoms with van der Waals surface area (Å²) in [5.41, 5.74) is 4.53. The van der Waals surface area contributed by atoms with E-state index in [9.17, 15) is 23.2 Å². The zero-order valence-electron chi connectivity index (χ0n) is 19.9. The second-order valence-electron chi connectivity index (χ2n) is 9.18. The van der Waals surface area contributed by atoms with Crippen LogP contribution >= 0.6 is 11.3 Å². The maximum Gasteiger partial charge on any atom is 0.324 e. The molecule has 2 rings (SSSR count). The van der Waals surface area contributed by atoms with Gasteiger partial charge >= 0.3 is 5.97 Å². The Hall–Kier alpha value is -2.92. The Morgan fingerprint density at radius 2 is 1.85 bits per heavy atom. The van der Waals surface area contributed by atoms with Gasteiger partial charge in [0.2, 0.25) is 5.91 Å². The number of esters is 1.